The molecule has 9 heteroatoms. The summed E-state index contributed by atoms with van der Waals surface area (Å²) in [7, 11) is -2.49. The number of hydrogen-bond donors (Lipinski definition) is 1. The first kappa shape index (κ1) is 21.6. The number of benzene rings is 1. The Morgan fingerprint density at radius 2 is 1.72 bits per heavy atom. The summed E-state index contributed by atoms with van der Waals surface area (Å²) in [6, 6.07) is 3.69. The van der Waals surface area contributed by atoms with Crippen LogP contribution < -0.4 is 4.72 Å². The third-order valence-electron chi connectivity index (χ3n) is 5.48. The molecular weight excluding hydrogens is 417 g/mol. The summed E-state index contributed by atoms with van der Waals surface area (Å²) in [6.45, 7) is 4.56. The summed E-state index contributed by atoms with van der Waals surface area (Å²) >= 11 is 5.75. The van der Waals surface area contributed by atoms with E-state index in [1.165, 1.54) is 12.1 Å². The Kier molecular flexibility index (Phi) is 6.24. The molecule has 0 atom stereocenters. The zero-order chi connectivity index (χ0) is 21.3. The largest absolute Gasteiger partial charge is 0.350 e. The standard InChI is InChI=1S/C20H25ClFN3O3S/c1-13-18(20(26)25-10-6-4-5-7-11-25)19(14(2)24(13)3)29(27,28)23-17-9-8-15(21)12-16(17)22/h8-9,12,23H,4-7,10-11H2,1-3H3. The summed E-state index contributed by atoms with van der Waals surface area (Å²) in [4.78, 5) is 14.9. The van der Waals surface area contributed by atoms with Crippen molar-refractivity contribution in [2.24, 2.45) is 7.05 Å². The third kappa shape index (κ3) is 4.28. The summed E-state index contributed by atoms with van der Waals surface area (Å²) in [5.74, 6) is -1.09. The molecule has 1 aliphatic rings. The molecule has 0 unspecified atom stereocenters. The fourth-order valence-electron chi connectivity index (χ4n) is 3.70. The molecule has 0 saturated carbocycles. The molecule has 1 aromatic carbocycles. The van der Waals surface area contributed by atoms with Gasteiger partial charge in [-0.05, 0) is 44.9 Å². The number of amides is 1. The molecule has 1 fully saturated rings. The molecule has 0 spiro atoms. The van der Waals surface area contributed by atoms with E-state index in [9.17, 15) is 17.6 Å². The lowest BCUT2D eigenvalue weighted by molar-refractivity contribution is 0.0757. The highest BCUT2D eigenvalue weighted by Gasteiger charge is 2.33. The van der Waals surface area contributed by atoms with Crippen LogP contribution in [0.25, 0.3) is 0 Å². The quantitative estimate of drug-likeness (QED) is 0.770. The third-order valence-corrected chi connectivity index (χ3v) is 7.24. The second-order valence-electron chi connectivity index (χ2n) is 7.37. The fraction of sp³-hybridized carbons (Fsp3) is 0.450. The molecule has 1 aromatic heterocycles. The molecule has 1 amide bonds. The van der Waals surface area contributed by atoms with Crippen LogP contribution in [0.3, 0.4) is 0 Å². The van der Waals surface area contributed by atoms with Crippen molar-refractivity contribution in [3.8, 4) is 0 Å². The molecule has 2 aromatic rings. The predicted octanol–water partition coefficient (Wildman–Crippen LogP) is 4.25. The Hall–Kier alpha value is -2.06. The van der Waals surface area contributed by atoms with Gasteiger partial charge in [-0.3, -0.25) is 9.52 Å². The highest BCUT2D eigenvalue weighted by Crippen LogP contribution is 2.31. The van der Waals surface area contributed by atoms with E-state index in [4.69, 9.17) is 11.6 Å². The van der Waals surface area contributed by atoms with E-state index < -0.39 is 15.8 Å². The number of halogens is 2. The molecule has 158 valence electrons. The number of carbonyl (C=O) groups excluding carboxylic acids is 1. The van der Waals surface area contributed by atoms with Crippen LogP contribution in [0.15, 0.2) is 23.1 Å². The van der Waals surface area contributed by atoms with Crippen LogP contribution in [0.1, 0.15) is 47.4 Å². The minimum atomic E-state index is -4.21. The fourth-order valence-corrected chi connectivity index (χ4v) is 5.44. The normalized spacial score (nSPS) is 15.3. The molecule has 0 radical (unpaired) electrons. The second-order valence-corrected chi connectivity index (χ2v) is 9.43. The zero-order valence-corrected chi connectivity index (χ0v) is 18.3. The lowest BCUT2D eigenvalue weighted by atomic mass is 10.2. The molecule has 29 heavy (non-hydrogen) atoms. The predicted molar refractivity (Wildman–Crippen MR) is 111 cm³/mol. The van der Waals surface area contributed by atoms with Gasteiger partial charge in [0.05, 0.1) is 11.3 Å². The lowest BCUT2D eigenvalue weighted by Gasteiger charge is -2.21. The Labute approximate surface area is 175 Å². The molecule has 0 aliphatic carbocycles. The van der Waals surface area contributed by atoms with Crippen molar-refractivity contribution in [2.45, 2.75) is 44.4 Å². The van der Waals surface area contributed by atoms with Crippen LogP contribution in [-0.2, 0) is 17.1 Å². The van der Waals surface area contributed by atoms with Gasteiger partial charge in [0.1, 0.15) is 10.7 Å². The van der Waals surface area contributed by atoms with Crippen molar-refractivity contribution < 1.29 is 17.6 Å². The number of rotatable bonds is 4. The van der Waals surface area contributed by atoms with Crippen LogP contribution in [0.5, 0.6) is 0 Å². The summed E-state index contributed by atoms with van der Waals surface area (Å²) in [5.41, 5.74) is 0.911. The van der Waals surface area contributed by atoms with Crippen molar-refractivity contribution >= 4 is 33.2 Å². The van der Waals surface area contributed by atoms with E-state index in [0.717, 1.165) is 31.7 Å². The van der Waals surface area contributed by atoms with Crippen molar-refractivity contribution in [3.05, 3.63) is 46.0 Å². The first-order valence-electron chi connectivity index (χ1n) is 9.56. The lowest BCUT2D eigenvalue weighted by Crippen LogP contribution is -2.33. The van der Waals surface area contributed by atoms with Crippen molar-refractivity contribution in [2.75, 3.05) is 17.8 Å². The molecule has 1 aliphatic heterocycles. The maximum Gasteiger partial charge on any atom is 0.264 e. The zero-order valence-electron chi connectivity index (χ0n) is 16.8. The minimum absolute atomic E-state index is 0.110. The van der Waals surface area contributed by atoms with Crippen LogP contribution in [0.2, 0.25) is 5.02 Å². The number of nitrogens with zero attached hydrogens (tertiary/aromatic N) is 2. The van der Waals surface area contributed by atoms with Gasteiger partial charge in [-0.25, -0.2) is 12.8 Å². The molecule has 3 rings (SSSR count). The Morgan fingerprint density at radius 1 is 1.10 bits per heavy atom. The average Bonchev–Trinajstić information content (AvgIpc) is 2.86. The van der Waals surface area contributed by atoms with Crippen molar-refractivity contribution in [1.29, 1.82) is 0 Å². The van der Waals surface area contributed by atoms with Gasteiger partial charge in [0, 0.05) is 36.5 Å². The SMILES string of the molecule is Cc1c(C(=O)N2CCCCCC2)c(S(=O)(=O)Nc2ccc(Cl)cc2F)c(C)n1C. The number of aromatic nitrogens is 1. The molecule has 1 saturated heterocycles. The molecule has 2 heterocycles. The van der Waals surface area contributed by atoms with E-state index >= 15 is 0 Å². The monoisotopic (exact) mass is 441 g/mol. The van der Waals surface area contributed by atoms with Gasteiger partial charge in [0.25, 0.3) is 15.9 Å². The summed E-state index contributed by atoms with van der Waals surface area (Å²) in [6.07, 6.45) is 3.90. The van der Waals surface area contributed by atoms with Crippen molar-refractivity contribution in [3.63, 3.8) is 0 Å². The number of nitrogens with one attached hydrogen (secondary N) is 1. The average molecular weight is 442 g/mol. The Morgan fingerprint density at radius 3 is 2.31 bits per heavy atom. The minimum Gasteiger partial charge on any atom is -0.350 e. The summed E-state index contributed by atoms with van der Waals surface area (Å²) < 4.78 is 44.6. The van der Waals surface area contributed by atoms with Gasteiger partial charge in [-0.1, -0.05) is 24.4 Å². The van der Waals surface area contributed by atoms with Crippen LogP contribution in [-0.4, -0.2) is 36.9 Å². The van der Waals surface area contributed by atoms with Gasteiger partial charge in [0.2, 0.25) is 0 Å². The Balaban J connectivity index is 2.06. The van der Waals surface area contributed by atoms with Crippen LogP contribution in [0.4, 0.5) is 10.1 Å². The first-order valence-corrected chi connectivity index (χ1v) is 11.4. The van der Waals surface area contributed by atoms with Crippen LogP contribution >= 0.6 is 11.6 Å². The van der Waals surface area contributed by atoms with Gasteiger partial charge in [0.15, 0.2) is 0 Å². The molecular formula is C20H25ClFN3O3S. The van der Waals surface area contributed by atoms with Gasteiger partial charge < -0.3 is 9.47 Å². The molecule has 6 nitrogen and oxygen atoms in total. The van der Waals surface area contributed by atoms with Gasteiger partial charge >= 0.3 is 0 Å². The van der Waals surface area contributed by atoms with E-state index in [0.29, 0.717) is 24.5 Å². The number of sulfonamides is 1. The van der Waals surface area contributed by atoms with Gasteiger partial charge in [-0.2, -0.15) is 0 Å². The number of anilines is 1. The van der Waals surface area contributed by atoms with E-state index in [2.05, 4.69) is 4.72 Å². The van der Waals surface area contributed by atoms with Gasteiger partial charge in [-0.15, -0.1) is 0 Å². The molecule has 0 bridgehead atoms. The second kappa shape index (κ2) is 8.36. The maximum atomic E-state index is 14.2. The highest BCUT2D eigenvalue weighted by molar-refractivity contribution is 7.92. The highest BCUT2D eigenvalue weighted by atomic mass is 35.5. The van der Waals surface area contributed by atoms with Crippen LogP contribution in [0, 0.1) is 19.7 Å². The van der Waals surface area contributed by atoms with E-state index in [-0.39, 0.29) is 27.1 Å². The number of likely N-dealkylation sites (tertiary alicyclic amines) is 1. The maximum absolute atomic E-state index is 14.2. The number of carbonyl (C=O) groups is 1. The number of hydrogen-bond acceptors (Lipinski definition) is 3. The molecule has 1 N–H and O–H groups in total. The topological polar surface area (TPSA) is 71.4 Å². The van der Waals surface area contributed by atoms with Crippen molar-refractivity contribution in [1.82, 2.24) is 9.47 Å². The summed E-state index contributed by atoms with van der Waals surface area (Å²) in [5, 5.41) is 0.161. The first-order chi connectivity index (χ1) is 13.6. The van der Waals surface area contributed by atoms with E-state index in [1.54, 1.807) is 30.4 Å². The smallest absolute Gasteiger partial charge is 0.264 e. The van der Waals surface area contributed by atoms with E-state index in [1.807, 2.05) is 0 Å². The Bertz CT molecular complexity index is 1040.